The SMILES string of the molecule is COC(=O)CCNC(=O)CC1c2ccccc2C=CN1C(C)=O. The lowest BCUT2D eigenvalue weighted by Gasteiger charge is -2.32. The maximum Gasteiger partial charge on any atom is 0.307 e. The third-order valence-corrected chi connectivity index (χ3v) is 3.73. The summed E-state index contributed by atoms with van der Waals surface area (Å²) in [5.41, 5.74) is 1.94. The summed E-state index contributed by atoms with van der Waals surface area (Å²) >= 11 is 0. The number of carbonyl (C=O) groups excluding carboxylic acids is 3. The summed E-state index contributed by atoms with van der Waals surface area (Å²) in [6, 6.07) is 7.33. The lowest BCUT2D eigenvalue weighted by molar-refractivity contribution is -0.140. The number of hydrogen-bond acceptors (Lipinski definition) is 4. The van der Waals surface area contributed by atoms with Crippen molar-refractivity contribution in [3.05, 3.63) is 41.6 Å². The normalized spacial score (nSPS) is 15.7. The highest BCUT2D eigenvalue weighted by Crippen LogP contribution is 2.32. The Labute approximate surface area is 135 Å². The first kappa shape index (κ1) is 16.7. The zero-order valence-electron chi connectivity index (χ0n) is 13.2. The fraction of sp³-hybridized carbons (Fsp3) is 0.353. The zero-order valence-corrected chi connectivity index (χ0v) is 13.2. The van der Waals surface area contributed by atoms with E-state index in [2.05, 4.69) is 10.1 Å². The fourth-order valence-electron chi connectivity index (χ4n) is 2.57. The second-order valence-corrected chi connectivity index (χ2v) is 5.27. The molecule has 122 valence electrons. The van der Waals surface area contributed by atoms with Crippen LogP contribution in [0.1, 0.15) is 36.9 Å². The van der Waals surface area contributed by atoms with Gasteiger partial charge >= 0.3 is 5.97 Å². The summed E-state index contributed by atoms with van der Waals surface area (Å²) in [5.74, 6) is -0.708. The third kappa shape index (κ3) is 4.18. The van der Waals surface area contributed by atoms with E-state index in [1.54, 1.807) is 11.1 Å². The van der Waals surface area contributed by atoms with E-state index in [-0.39, 0.29) is 43.2 Å². The topological polar surface area (TPSA) is 75.7 Å². The Bertz CT molecular complexity index is 639. The van der Waals surface area contributed by atoms with Crippen LogP contribution in [0, 0.1) is 0 Å². The molecular weight excluding hydrogens is 296 g/mol. The van der Waals surface area contributed by atoms with Crippen molar-refractivity contribution in [1.29, 1.82) is 0 Å². The lowest BCUT2D eigenvalue weighted by atomic mass is 9.93. The van der Waals surface area contributed by atoms with Crippen LogP contribution in [0.5, 0.6) is 0 Å². The minimum atomic E-state index is -0.374. The van der Waals surface area contributed by atoms with E-state index in [0.717, 1.165) is 11.1 Å². The molecule has 0 radical (unpaired) electrons. The van der Waals surface area contributed by atoms with Gasteiger partial charge in [-0.1, -0.05) is 24.3 Å². The molecule has 2 rings (SSSR count). The number of nitrogens with zero attached hydrogens (tertiary/aromatic N) is 1. The Morgan fingerprint density at radius 2 is 2.00 bits per heavy atom. The quantitative estimate of drug-likeness (QED) is 0.838. The predicted molar refractivity (Wildman–Crippen MR) is 85.0 cm³/mol. The fourth-order valence-corrected chi connectivity index (χ4v) is 2.57. The number of fused-ring (bicyclic) bond motifs is 1. The summed E-state index contributed by atoms with van der Waals surface area (Å²) in [6.07, 6.45) is 3.83. The predicted octanol–water partition coefficient (Wildman–Crippen LogP) is 1.63. The maximum absolute atomic E-state index is 12.1. The van der Waals surface area contributed by atoms with Gasteiger partial charge in [-0.05, 0) is 17.2 Å². The van der Waals surface area contributed by atoms with Crippen LogP contribution in [-0.2, 0) is 19.1 Å². The van der Waals surface area contributed by atoms with Crippen LogP contribution in [0.15, 0.2) is 30.5 Å². The molecule has 0 saturated heterocycles. The van der Waals surface area contributed by atoms with Crippen molar-refractivity contribution in [3.63, 3.8) is 0 Å². The second kappa shape index (κ2) is 7.58. The molecule has 1 aliphatic rings. The van der Waals surface area contributed by atoms with Crippen molar-refractivity contribution < 1.29 is 19.1 Å². The number of benzene rings is 1. The van der Waals surface area contributed by atoms with E-state index in [1.807, 2.05) is 30.3 Å². The Hall–Kier alpha value is -2.63. The molecule has 1 atom stereocenters. The van der Waals surface area contributed by atoms with E-state index in [9.17, 15) is 14.4 Å². The van der Waals surface area contributed by atoms with Crippen LogP contribution in [-0.4, -0.2) is 36.3 Å². The molecule has 23 heavy (non-hydrogen) atoms. The van der Waals surface area contributed by atoms with Crippen LogP contribution in [0.25, 0.3) is 6.08 Å². The van der Waals surface area contributed by atoms with Gasteiger partial charge in [-0.25, -0.2) is 0 Å². The number of esters is 1. The minimum absolute atomic E-state index is 0.122. The van der Waals surface area contributed by atoms with Crippen molar-refractivity contribution in [2.75, 3.05) is 13.7 Å². The molecule has 1 aromatic carbocycles. The van der Waals surface area contributed by atoms with Gasteiger partial charge in [0.2, 0.25) is 11.8 Å². The minimum Gasteiger partial charge on any atom is -0.469 e. The van der Waals surface area contributed by atoms with Crippen molar-refractivity contribution in [2.45, 2.75) is 25.8 Å². The molecule has 0 spiro atoms. The molecule has 1 aromatic rings. The van der Waals surface area contributed by atoms with E-state index in [4.69, 9.17) is 0 Å². The van der Waals surface area contributed by atoms with Crippen molar-refractivity contribution in [2.24, 2.45) is 0 Å². The smallest absolute Gasteiger partial charge is 0.307 e. The number of amides is 2. The van der Waals surface area contributed by atoms with Gasteiger partial charge in [0, 0.05) is 19.7 Å². The van der Waals surface area contributed by atoms with Crippen LogP contribution in [0.4, 0.5) is 0 Å². The Kier molecular flexibility index (Phi) is 5.51. The van der Waals surface area contributed by atoms with Gasteiger partial charge in [0.05, 0.1) is 26.0 Å². The summed E-state index contributed by atoms with van der Waals surface area (Å²) in [4.78, 5) is 36.6. The van der Waals surface area contributed by atoms with Crippen molar-refractivity contribution >= 4 is 23.9 Å². The largest absolute Gasteiger partial charge is 0.469 e. The average molecular weight is 316 g/mol. The van der Waals surface area contributed by atoms with Crippen LogP contribution < -0.4 is 5.32 Å². The van der Waals surface area contributed by atoms with Crippen molar-refractivity contribution in [1.82, 2.24) is 10.2 Å². The van der Waals surface area contributed by atoms with Crippen LogP contribution in [0.2, 0.25) is 0 Å². The average Bonchev–Trinajstić information content (AvgIpc) is 2.54. The molecule has 0 fully saturated rings. The molecular formula is C17H20N2O4. The van der Waals surface area contributed by atoms with E-state index in [1.165, 1.54) is 14.0 Å². The van der Waals surface area contributed by atoms with E-state index < -0.39 is 0 Å². The first-order valence-corrected chi connectivity index (χ1v) is 7.42. The van der Waals surface area contributed by atoms with Gasteiger partial charge in [-0.2, -0.15) is 0 Å². The van der Waals surface area contributed by atoms with Crippen LogP contribution >= 0.6 is 0 Å². The standard InChI is InChI=1S/C17H20N2O4/c1-12(20)19-10-8-13-5-3-4-6-14(13)15(19)11-16(21)18-9-7-17(22)23-2/h3-6,8,10,15H,7,9,11H2,1-2H3,(H,18,21). The highest BCUT2D eigenvalue weighted by molar-refractivity contribution is 5.82. The van der Waals surface area contributed by atoms with Crippen LogP contribution in [0.3, 0.4) is 0 Å². The molecule has 1 unspecified atom stereocenters. The highest BCUT2D eigenvalue weighted by atomic mass is 16.5. The zero-order chi connectivity index (χ0) is 16.8. The number of nitrogens with one attached hydrogen (secondary N) is 1. The first-order valence-electron chi connectivity index (χ1n) is 7.42. The summed E-state index contributed by atoms with van der Waals surface area (Å²) in [7, 11) is 1.31. The Morgan fingerprint density at radius 3 is 2.70 bits per heavy atom. The number of hydrogen-bond donors (Lipinski definition) is 1. The van der Waals surface area contributed by atoms with E-state index in [0.29, 0.717) is 0 Å². The molecule has 0 bridgehead atoms. The van der Waals surface area contributed by atoms with Crippen molar-refractivity contribution in [3.8, 4) is 0 Å². The third-order valence-electron chi connectivity index (χ3n) is 3.73. The van der Waals surface area contributed by atoms with Gasteiger partial charge in [0.25, 0.3) is 0 Å². The molecule has 0 aromatic heterocycles. The van der Waals surface area contributed by atoms with Gasteiger partial charge in [-0.15, -0.1) is 0 Å². The molecule has 6 nitrogen and oxygen atoms in total. The summed E-state index contributed by atoms with van der Waals surface area (Å²) < 4.78 is 4.52. The molecule has 0 saturated carbocycles. The number of rotatable bonds is 5. The highest BCUT2D eigenvalue weighted by Gasteiger charge is 2.27. The summed E-state index contributed by atoms with van der Waals surface area (Å²) in [5, 5.41) is 2.68. The Balaban J connectivity index is 2.06. The van der Waals surface area contributed by atoms with Gasteiger partial charge in [0.1, 0.15) is 0 Å². The van der Waals surface area contributed by atoms with Gasteiger partial charge < -0.3 is 15.0 Å². The lowest BCUT2D eigenvalue weighted by Crippen LogP contribution is -2.35. The van der Waals surface area contributed by atoms with E-state index >= 15 is 0 Å². The molecule has 0 aliphatic carbocycles. The number of ether oxygens (including phenoxy) is 1. The second-order valence-electron chi connectivity index (χ2n) is 5.27. The molecule has 1 aliphatic heterocycles. The summed E-state index contributed by atoms with van der Waals surface area (Å²) in [6.45, 7) is 1.69. The first-order chi connectivity index (χ1) is 11.0. The maximum atomic E-state index is 12.1. The molecule has 6 heteroatoms. The molecule has 1 heterocycles. The Morgan fingerprint density at radius 1 is 1.26 bits per heavy atom. The van der Waals surface area contributed by atoms with Gasteiger partial charge in [-0.3, -0.25) is 14.4 Å². The molecule has 2 amide bonds. The number of carbonyl (C=O) groups is 3. The number of methoxy groups -OCH3 is 1. The molecule has 1 N–H and O–H groups in total. The van der Waals surface area contributed by atoms with Gasteiger partial charge in [0.15, 0.2) is 0 Å². The monoisotopic (exact) mass is 316 g/mol.